The van der Waals surface area contributed by atoms with E-state index in [-0.39, 0.29) is 12.1 Å². The summed E-state index contributed by atoms with van der Waals surface area (Å²) >= 11 is 0. The number of rotatable bonds is 5. The minimum absolute atomic E-state index is 0.108. The van der Waals surface area contributed by atoms with Crippen molar-refractivity contribution in [2.24, 2.45) is 35.5 Å². The molecule has 3 heteroatoms. The van der Waals surface area contributed by atoms with Gasteiger partial charge < -0.3 is 4.74 Å². The van der Waals surface area contributed by atoms with Gasteiger partial charge in [0.05, 0.1) is 0 Å². The normalized spacial score (nSPS) is 43.9. The average molecular weight is 482 g/mol. The standard InChI is InChI=1S/C32H51NO2/c1-21(2)32(34)35-27-17-15-26(16-18-27)33(25-9-4-3-5-10-25)29-20-14-24-12-11-22-7-6-8-23-13-19-28(29)31(24)30(22)23/h22-31H,1,3-20H2,2H3. The molecule has 0 saturated heterocycles. The predicted octanol–water partition coefficient (Wildman–Crippen LogP) is 7.68. The van der Waals surface area contributed by atoms with Crippen LogP contribution in [0.5, 0.6) is 0 Å². The van der Waals surface area contributed by atoms with Gasteiger partial charge in [-0.3, -0.25) is 4.90 Å². The number of ether oxygens (including phenoxy) is 1. The van der Waals surface area contributed by atoms with Crippen molar-refractivity contribution in [2.45, 2.75) is 147 Å². The summed E-state index contributed by atoms with van der Waals surface area (Å²) in [5.41, 5.74) is 0.539. The molecule has 7 atom stereocenters. The van der Waals surface area contributed by atoms with Crippen molar-refractivity contribution in [1.82, 2.24) is 4.90 Å². The fourth-order valence-electron chi connectivity index (χ4n) is 10.6. The first-order valence-corrected chi connectivity index (χ1v) is 15.7. The van der Waals surface area contributed by atoms with Gasteiger partial charge in [-0.15, -0.1) is 0 Å². The zero-order valence-electron chi connectivity index (χ0n) is 22.5. The van der Waals surface area contributed by atoms with Gasteiger partial charge in [-0.25, -0.2) is 4.79 Å². The zero-order chi connectivity index (χ0) is 23.9. The Hall–Kier alpha value is -0.830. The summed E-state index contributed by atoms with van der Waals surface area (Å²) in [5.74, 6) is 6.09. The van der Waals surface area contributed by atoms with Crippen molar-refractivity contribution in [3.63, 3.8) is 0 Å². The Kier molecular flexibility index (Phi) is 7.35. The fraction of sp³-hybridized carbons (Fsp3) is 0.906. The van der Waals surface area contributed by atoms with Gasteiger partial charge in [-0.1, -0.05) is 45.1 Å². The van der Waals surface area contributed by atoms with E-state index >= 15 is 0 Å². The van der Waals surface area contributed by atoms with Crippen molar-refractivity contribution >= 4 is 5.97 Å². The first-order chi connectivity index (χ1) is 17.1. The number of carbonyl (C=O) groups excluding carboxylic acids is 1. The van der Waals surface area contributed by atoms with Crippen LogP contribution in [0.25, 0.3) is 0 Å². The molecule has 6 fully saturated rings. The molecule has 35 heavy (non-hydrogen) atoms. The molecule has 0 heterocycles. The lowest BCUT2D eigenvalue weighted by molar-refractivity contribution is -0.148. The average Bonchev–Trinajstić information content (AvgIpc) is 2.89. The Morgan fingerprint density at radius 1 is 0.657 bits per heavy atom. The lowest BCUT2D eigenvalue weighted by atomic mass is 9.47. The largest absolute Gasteiger partial charge is 0.459 e. The molecule has 0 aromatic rings. The highest BCUT2D eigenvalue weighted by molar-refractivity contribution is 5.87. The summed E-state index contributed by atoms with van der Waals surface area (Å²) in [4.78, 5) is 15.3. The molecule has 7 unspecified atom stereocenters. The quantitative estimate of drug-likeness (QED) is 0.298. The molecular formula is C32H51NO2. The second kappa shape index (κ2) is 10.5. The fourth-order valence-corrected chi connectivity index (χ4v) is 10.6. The van der Waals surface area contributed by atoms with Gasteiger partial charge in [0.15, 0.2) is 0 Å². The second-order valence-electron chi connectivity index (χ2n) is 13.7. The van der Waals surface area contributed by atoms with Crippen LogP contribution in [0.3, 0.4) is 0 Å². The molecule has 3 nitrogen and oxygen atoms in total. The molecule has 6 rings (SSSR count). The molecule has 0 aliphatic heterocycles. The Balaban J connectivity index is 1.21. The molecule has 0 bridgehead atoms. The second-order valence-corrected chi connectivity index (χ2v) is 13.7. The number of hydrogen-bond donors (Lipinski definition) is 0. The minimum Gasteiger partial charge on any atom is -0.459 e. The van der Waals surface area contributed by atoms with E-state index in [1.807, 2.05) is 0 Å². The van der Waals surface area contributed by atoms with Crippen LogP contribution in [0, 0.1) is 35.5 Å². The lowest BCUT2D eigenvalue weighted by Gasteiger charge is -2.62. The molecule has 0 spiro atoms. The van der Waals surface area contributed by atoms with E-state index in [1.54, 1.807) is 32.6 Å². The maximum atomic E-state index is 12.1. The van der Waals surface area contributed by atoms with Gasteiger partial charge >= 0.3 is 5.97 Å². The monoisotopic (exact) mass is 481 g/mol. The van der Waals surface area contributed by atoms with Crippen LogP contribution in [0.1, 0.15) is 122 Å². The number of esters is 1. The summed E-state index contributed by atoms with van der Waals surface area (Å²) in [6.45, 7) is 5.56. The highest BCUT2D eigenvalue weighted by Crippen LogP contribution is 2.61. The Morgan fingerprint density at radius 2 is 1.26 bits per heavy atom. The summed E-state index contributed by atoms with van der Waals surface area (Å²) in [6, 6.07) is 2.36. The van der Waals surface area contributed by atoms with E-state index in [0.29, 0.717) is 11.6 Å². The Bertz CT molecular complexity index is 758. The molecule has 0 N–H and O–H groups in total. The van der Waals surface area contributed by atoms with Crippen LogP contribution in [0.15, 0.2) is 12.2 Å². The first-order valence-electron chi connectivity index (χ1n) is 15.7. The van der Waals surface area contributed by atoms with Gasteiger partial charge in [0, 0.05) is 23.7 Å². The van der Waals surface area contributed by atoms with Gasteiger partial charge in [-0.05, 0) is 119 Å². The van der Waals surface area contributed by atoms with Crippen LogP contribution < -0.4 is 0 Å². The molecule has 6 aliphatic carbocycles. The van der Waals surface area contributed by atoms with Crippen LogP contribution in [-0.4, -0.2) is 35.1 Å². The number of carbonyl (C=O) groups is 1. The Morgan fingerprint density at radius 3 is 1.94 bits per heavy atom. The van der Waals surface area contributed by atoms with Crippen molar-refractivity contribution in [3.05, 3.63) is 12.2 Å². The topological polar surface area (TPSA) is 29.5 Å². The van der Waals surface area contributed by atoms with Crippen LogP contribution in [0.4, 0.5) is 0 Å². The minimum atomic E-state index is -0.188. The number of hydrogen-bond acceptors (Lipinski definition) is 3. The molecule has 196 valence electrons. The van der Waals surface area contributed by atoms with E-state index < -0.39 is 0 Å². The molecule has 0 aromatic carbocycles. The lowest BCUT2D eigenvalue weighted by Crippen LogP contribution is -2.61. The van der Waals surface area contributed by atoms with Crippen LogP contribution >= 0.6 is 0 Å². The van der Waals surface area contributed by atoms with E-state index in [0.717, 1.165) is 60.4 Å². The molecule has 0 amide bonds. The van der Waals surface area contributed by atoms with Gasteiger partial charge in [0.1, 0.15) is 6.10 Å². The van der Waals surface area contributed by atoms with Crippen molar-refractivity contribution in [2.75, 3.05) is 0 Å². The SMILES string of the molecule is C=C(C)C(=O)OC1CCC(N(C2CCCCC2)C2CCC3CCC4CCCC5CCC2C3C45)CC1. The van der Waals surface area contributed by atoms with Gasteiger partial charge in [0.25, 0.3) is 0 Å². The maximum Gasteiger partial charge on any atom is 0.333 e. The summed E-state index contributed by atoms with van der Waals surface area (Å²) < 4.78 is 5.79. The van der Waals surface area contributed by atoms with Crippen molar-refractivity contribution < 1.29 is 9.53 Å². The molecular weight excluding hydrogens is 430 g/mol. The van der Waals surface area contributed by atoms with Gasteiger partial charge in [-0.2, -0.15) is 0 Å². The smallest absolute Gasteiger partial charge is 0.333 e. The van der Waals surface area contributed by atoms with E-state index in [2.05, 4.69) is 11.5 Å². The maximum absolute atomic E-state index is 12.1. The highest BCUT2D eigenvalue weighted by Gasteiger charge is 2.55. The zero-order valence-corrected chi connectivity index (χ0v) is 22.5. The van der Waals surface area contributed by atoms with E-state index in [4.69, 9.17) is 4.74 Å². The summed E-state index contributed by atoms with van der Waals surface area (Å²) in [5, 5.41) is 0. The molecule has 0 radical (unpaired) electrons. The summed E-state index contributed by atoms with van der Waals surface area (Å²) in [6.07, 6.45) is 25.5. The van der Waals surface area contributed by atoms with Crippen molar-refractivity contribution in [3.8, 4) is 0 Å². The molecule has 6 aliphatic rings. The van der Waals surface area contributed by atoms with E-state index in [9.17, 15) is 4.79 Å². The number of nitrogens with zero attached hydrogens (tertiary/aromatic N) is 1. The van der Waals surface area contributed by atoms with Gasteiger partial charge in [0.2, 0.25) is 0 Å². The van der Waals surface area contributed by atoms with Crippen LogP contribution in [0.2, 0.25) is 0 Å². The third-order valence-electron chi connectivity index (χ3n) is 11.9. The van der Waals surface area contributed by atoms with Crippen molar-refractivity contribution in [1.29, 1.82) is 0 Å². The Labute approximate surface area is 214 Å². The first kappa shape index (κ1) is 24.5. The third kappa shape index (κ3) is 4.77. The molecule has 6 saturated carbocycles. The third-order valence-corrected chi connectivity index (χ3v) is 11.9. The van der Waals surface area contributed by atoms with E-state index in [1.165, 1.54) is 77.0 Å². The highest BCUT2D eigenvalue weighted by atomic mass is 16.5. The predicted molar refractivity (Wildman–Crippen MR) is 142 cm³/mol. The molecule has 0 aromatic heterocycles. The summed E-state index contributed by atoms with van der Waals surface area (Å²) in [7, 11) is 0. The van der Waals surface area contributed by atoms with Crippen LogP contribution in [-0.2, 0) is 9.53 Å².